The van der Waals surface area contributed by atoms with Gasteiger partial charge in [-0.05, 0) is 24.6 Å². The number of hydrogen-bond donors (Lipinski definition) is 2. The number of hydrogen-bond acceptors (Lipinski definition) is 3. The Balaban J connectivity index is 1.99. The van der Waals surface area contributed by atoms with E-state index in [1.807, 2.05) is 6.07 Å². The van der Waals surface area contributed by atoms with Crippen LogP contribution in [0.4, 0.5) is 4.39 Å². The maximum atomic E-state index is 12.8. The minimum Gasteiger partial charge on any atom is -0.303 e. The van der Waals surface area contributed by atoms with Gasteiger partial charge in [0.15, 0.2) is 0 Å². The molecule has 2 aromatic rings. The third-order valence-electron chi connectivity index (χ3n) is 2.61. The molecule has 0 amide bonds. The van der Waals surface area contributed by atoms with Gasteiger partial charge in [-0.3, -0.25) is 10.1 Å². The summed E-state index contributed by atoms with van der Waals surface area (Å²) >= 11 is 0. The largest absolute Gasteiger partial charge is 0.303 e. The first-order chi connectivity index (χ1) is 8.29. The van der Waals surface area contributed by atoms with Gasteiger partial charge >= 0.3 is 0 Å². The third kappa shape index (κ3) is 3.10. The van der Waals surface area contributed by atoms with Crippen LogP contribution >= 0.6 is 0 Å². The van der Waals surface area contributed by atoms with Gasteiger partial charge in [-0.1, -0.05) is 6.92 Å². The number of rotatable bonds is 5. The van der Waals surface area contributed by atoms with E-state index in [0.717, 1.165) is 17.8 Å². The zero-order valence-electron chi connectivity index (χ0n) is 9.65. The molecule has 0 saturated heterocycles. The van der Waals surface area contributed by atoms with Crippen molar-refractivity contribution in [2.45, 2.75) is 25.9 Å². The molecule has 0 aliphatic heterocycles. The third-order valence-corrected chi connectivity index (χ3v) is 2.61. The zero-order valence-corrected chi connectivity index (χ0v) is 9.65. The zero-order chi connectivity index (χ0) is 12.1. The Morgan fingerprint density at radius 3 is 2.88 bits per heavy atom. The molecular weight excluding hydrogens is 219 g/mol. The summed E-state index contributed by atoms with van der Waals surface area (Å²) in [5, 5.41) is 10.1. The molecule has 4 nitrogen and oxygen atoms in total. The van der Waals surface area contributed by atoms with Gasteiger partial charge in [-0.15, -0.1) is 0 Å². The van der Waals surface area contributed by atoms with Crippen LogP contribution < -0.4 is 5.32 Å². The number of halogens is 1. The highest BCUT2D eigenvalue weighted by Crippen LogP contribution is 2.14. The second kappa shape index (κ2) is 5.54. The molecule has 90 valence electrons. The minimum absolute atomic E-state index is 0.124. The molecule has 0 saturated carbocycles. The highest BCUT2D eigenvalue weighted by Gasteiger charge is 2.10. The Morgan fingerprint density at radius 2 is 2.29 bits per heavy atom. The molecule has 2 aromatic heterocycles. The molecule has 0 aliphatic carbocycles. The lowest BCUT2D eigenvalue weighted by Gasteiger charge is -2.15. The molecule has 1 atom stereocenters. The number of nitrogens with zero attached hydrogens (tertiary/aromatic N) is 2. The normalized spacial score (nSPS) is 12.6. The summed E-state index contributed by atoms with van der Waals surface area (Å²) in [5.74, 6) is -0.308. The van der Waals surface area contributed by atoms with E-state index in [-0.39, 0.29) is 11.9 Å². The molecule has 0 bridgehead atoms. The minimum atomic E-state index is -0.308. The van der Waals surface area contributed by atoms with E-state index < -0.39 is 0 Å². The smallest absolute Gasteiger partial charge is 0.141 e. The highest BCUT2D eigenvalue weighted by molar-refractivity contribution is 5.10. The lowest BCUT2D eigenvalue weighted by atomic mass is 10.1. The van der Waals surface area contributed by atoms with Crippen LogP contribution in [0.25, 0.3) is 0 Å². The van der Waals surface area contributed by atoms with Gasteiger partial charge in [0.25, 0.3) is 0 Å². The van der Waals surface area contributed by atoms with Crippen LogP contribution in [0.1, 0.15) is 30.8 Å². The molecule has 17 heavy (non-hydrogen) atoms. The Morgan fingerprint density at radius 1 is 1.41 bits per heavy atom. The Labute approximate surface area is 99.3 Å². The number of nitrogens with one attached hydrogen (secondary N) is 2. The van der Waals surface area contributed by atoms with E-state index in [0.29, 0.717) is 6.54 Å². The predicted octanol–water partition coefficient (Wildman–Crippen LogP) is 2.18. The van der Waals surface area contributed by atoms with E-state index in [4.69, 9.17) is 0 Å². The summed E-state index contributed by atoms with van der Waals surface area (Å²) < 4.78 is 12.8. The van der Waals surface area contributed by atoms with E-state index in [2.05, 4.69) is 27.4 Å². The van der Waals surface area contributed by atoms with Crippen molar-refractivity contribution >= 4 is 0 Å². The maximum Gasteiger partial charge on any atom is 0.141 e. The molecule has 0 spiro atoms. The fourth-order valence-corrected chi connectivity index (χ4v) is 1.67. The Hall–Kier alpha value is -1.75. The molecule has 0 aromatic carbocycles. The van der Waals surface area contributed by atoms with Crippen LogP contribution in [-0.2, 0) is 6.54 Å². The van der Waals surface area contributed by atoms with Crippen LogP contribution in [0.15, 0.2) is 30.6 Å². The van der Waals surface area contributed by atoms with Crippen LogP contribution in [0.2, 0.25) is 0 Å². The number of aromatic amines is 1. The fourth-order valence-electron chi connectivity index (χ4n) is 1.67. The van der Waals surface area contributed by atoms with Crippen molar-refractivity contribution in [3.05, 3.63) is 47.8 Å². The summed E-state index contributed by atoms with van der Waals surface area (Å²) in [6, 6.07) is 5.18. The summed E-state index contributed by atoms with van der Waals surface area (Å²) in [4.78, 5) is 4.09. The van der Waals surface area contributed by atoms with E-state index >= 15 is 0 Å². The molecule has 0 radical (unpaired) electrons. The summed E-state index contributed by atoms with van der Waals surface area (Å²) in [6.07, 6.45) is 3.86. The van der Waals surface area contributed by atoms with Gasteiger partial charge in [0.1, 0.15) is 5.82 Å². The van der Waals surface area contributed by atoms with E-state index in [1.165, 1.54) is 12.3 Å². The van der Waals surface area contributed by atoms with Gasteiger partial charge in [-0.25, -0.2) is 4.39 Å². The fraction of sp³-hybridized carbons (Fsp3) is 0.333. The second-order valence-corrected chi connectivity index (χ2v) is 3.82. The van der Waals surface area contributed by atoms with Gasteiger partial charge in [0.05, 0.1) is 11.9 Å². The number of pyridine rings is 1. The molecule has 1 unspecified atom stereocenters. The molecule has 2 heterocycles. The molecule has 2 N–H and O–H groups in total. The lowest BCUT2D eigenvalue weighted by molar-refractivity contribution is 0.499. The first-order valence-corrected chi connectivity index (χ1v) is 5.62. The van der Waals surface area contributed by atoms with Gasteiger partial charge in [-0.2, -0.15) is 5.10 Å². The molecule has 5 heteroatoms. The van der Waals surface area contributed by atoms with Crippen molar-refractivity contribution in [1.29, 1.82) is 0 Å². The summed E-state index contributed by atoms with van der Waals surface area (Å²) in [7, 11) is 0. The van der Waals surface area contributed by atoms with Gasteiger partial charge in [0.2, 0.25) is 0 Å². The quantitative estimate of drug-likeness (QED) is 0.833. The van der Waals surface area contributed by atoms with Crippen LogP contribution in [0.5, 0.6) is 0 Å². The van der Waals surface area contributed by atoms with Gasteiger partial charge < -0.3 is 5.32 Å². The molecule has 0 fully saturated rings. The average Bonchev–Trinajstić information content (AvgIpc) is 2.85. The number of H-pyrrole nitrogens is 1. The molecule has 2 rings (SSSR count). The average molecular weight is 234 g/mol. The number of aromatic nitrogens is 3. The highest BCUT2D eigenvalue weighted by atomic mass is 19.1. The predicted molar refractivity (Wildman–Crippen MR) is 62.7 cm³/mol. The Bertz CT molecular complexity index is 438. The van der Waals surface area contributed by atoms with Crippen molar-refractivity contribution in [1.82, 2.24) is 20.5 Å². The van der Waals surface area contributed by atoms with Crippen LogP contribution in [-0.4, -0.2) is 15.2 Å². The first-order valence-electron chi connectivity index (χ1n) is 5.62. The molecular formula is C12H15FN4. The van der Waals surface area contributed by atoms with Crippen LogP contribution in [0, 0.1) is 5.82 Å². The Kier molecular flexibility index (Phi) is 3.82. The van der Waals surface area contributed by atoms with E-state index in [9.17, 15) is 4.39 Å². The van der Waals surface area contributed by atoms with Crippen LogP contribution in [0.3, 0.4) is 0 Å². The van der Waals surface area contributed by atoms with Crippen molar-refractivity contribution in [2.24, 2.45) is 0 Å². The van der Waals surface area contributed by atoms with Crippen molar-refractivity contribution in [2.75, 3.05) is 0 Å². The van der Waals surface area contributed by atoms with Crippen molar-refractivity contribution in [3.63, 3.8) is 0 Å². The van der Waals surface area contributed by atoms with Crippen molar-refractivity contribution < 1.29 is 4.39 Å². The standard InChI is InChI=1S/C12H15FN4/c1-2-11(12-4-3-9(13)7-14-12)15-8-10-5-6-16-17-10/h3-7,11,15H,2,8H2,1H3,(H,16,17). The lowest BCUT2D eigenvalue weighted by Crippen LogP contribution is -2.21. The summed E-state index contributed by atoms with van der Waals surface area (Å²) in [5.41, 5.74) is 1.87. The van der Waals surface area contributed by atoms with E-state index in [1.54, 1.807) is 12.3 Å². The monoisotopic (exact) mass is 234 g/mol. The summed E-state index contributed by atoms with van der Waals surface area (Å²) in [6.45, 7) is 2.76. The SMILES string of the molecule is CCC(NCc1ccn[nH]1)c1ccc(F)cn1. The molecule has 0 aliphatic rings. The second-order valence-electron chi connectivity index (χ2n) is 3.82. The maximum absolute atomic E-state index is 12.8. The topological polar surface area (TPSA) is 53.6 Å². The first kappa shape index (κ1) is 11.7. The van der Waals surface area contributed by atoms with Gasteiger partial charge in [0, 0.05) is 24.5 Å². The van der Waals surface area contributed by atoms with Crippen molar-refractivity contribution in [3.8, 4) is 0 Å².